The minimum Gasteiger partial charge on any atom is -0.447 e. The van der Waals surface area contributed by atoms with Gasteiger partial charge in [0.05, 0.1) is 6.54 Å². The lowest BCUT2D eigenvalue weighted by Crippen LogP contribution is -2.30. The summed E-state index contributed by atoms with van der Waals surface area (Å²) in [5.74, 6) is 1.20. The van der Waals surface area contributed by atoms with Gasteiger partial charge in [0, 0.05) is 19.1 Å². The number of aromatic nitrogens is 1. The van der Waals surface area contributed by atoms with Crippen LogP contribution in [0.4, 0.5) is 0 Å². The number of amides is 1. The van der Waals surface area contributed by atoms with E-state index in [1.165, 1.54) is 30.2 Å². The molecule has 0 radical (unpaired) electrons. The molecule has 134 valence electrons. The second-order valence-electron chi connectivity index (χ2n) is 7.29. The lowest BCUT2D eigenvalue weighted by molar-refractivity contribution is 0.0938. The normalized spacial score (nSPS) is 14.3. The fourth-order valence-corrected chi connectivity index (χ4v) is 2.89. The molecule has 1 aliphatic carbocycles. The molecule has 2 aromatic rings. The van der Waals surface area contributed by atoms with Crippen LogP contribution in [-0.4, -0.2) is 28.4 Å². The number of oxazole rings is 1. The number of hydrogen-bond donors (Lipinski definition) is 1. The molecule has 1 heterocycles. The predicted octanol–water partition coefficient (Wildman–Crippen LogP) is 3.53. The Hall–Kier alpha value is -2.14. The van der Waals surface area contributed by atoms with Gasteiger partial charge in [0.1, 0.15) is 6.26 Å². The van der Waals surface area contributed by atoms with E-state index in [4.69, 9.17) is 4.42 Å². The van der Waals surface area contributed by atoms with E-state index in [9.17, 15) is 4.79 Å². The number of carbonyl (C=O) groups excluding carboxylic acids is 1. The van der Waals surface area contributed by atoms with Crippen LogP contribution >= 0.6 is 0 Å². The molecular weight excluding hydrogens is 314 g/mol. The van der Waals surface area contributed by atoms with E-state index in [0.717, 1.165) is 19.0 Å². The summed E-state index contributed by atoms with van der Waals surface area (Å²) in [7, 11) is 0. The third-order valence-corrected chi connectivity index (χ3v) is 4.43. The molecule has 1 saturated carbocycles. The Morgan fingerprint density at radius 1 is 1.32 bits per heavy atom. The molecule has 25 heavy (non-hydrogen) atoms. The van der Waals surface area contributed by atoms with E-state index < -0.39 is 0 Å². The monoisotopic (exact) mass is 341 g/mol. The summed E-state index contributed by atoms with van der Waals surface area (Å²) in [5, 5.41) is 2.84. The largest absolute Gasteiger partial charge is 0.447 e. The van der Waals surface area contributed by atoms with Crippen molar-refractivity contribution < 1.29 is 9.21 Å². The molecule has 1 fully saturated rings. The molecule has 0 saturated heterocycles. The summed E-state index contributed by atoms with van der Waals surface area (Å²) in [6.07, 6.45) is 4.06. The van der Waals surface area contributed by atoms with Crippen LogP contribution in [0.1, 0.15) is 54.2 Å². The van der Waals surface area contributed by atoms with E-state index in [-0.39, 0.29) is 11.9 Å². The highest BCUT2D eigenvalue weighted by Gasteiger charge is 2.25. The van der Waals surface area contributed by atoms with Gasteiger partial charge in [0.25, 0.3) is 5.91 Å². The van der Waals surface area contributed by atoms with Crippen LogP contribution in [0, 0.1) is 12.8 Å². The number of nitrogens with one attached hydrogen (secondary N) is 1. The molecule has 1 aliphatic rings. The van der Waals surface area contributed by atoms with Crippen molar-refractivity contribution in [3.63, 3.8) is 0 Å². The minimum absolute atomic E-state index is 0.0834. The van der Waals surface area contributed by atoms with Crippen molar-refractivity contribution in [1.82, 2.24) is 15.2 Å². The lowest BCUT2D eigenvalue weighted by atomic mass is 10.1. The number of hydrogen-bond acceptors (Lipinski definition) is 4. The van der Waals surface area contributed by atoms with Crippen molar-refractivity contribution in [2.45, 2.75) is 52.7 Å². The average molecular weight is 341 g/mol. The molecule has 1 N–H and O–H groups in total. The van der Waals surface area contributed by atoms with Gasteiger partial charge in [-0.15, -0.1) is 0 Å². The van der Waals surface area contributed by atoms with E-state index >= 15 is 0 Å². The van der Waals surface area contributed by atoms with Crippen LogP contribution in [0.15, 0.2) is 34.9 Å². The van der Waals surface area contributed by atoms with Gasteiger partial charge in [-0.05, 0) is 50.7 Å². The van der Waals surface area contributed by atoms with Crippen molar-refractivity contribution in [3.8, 4) is 0 Å². The number of rotatable bonds is 8. The molecule has 0 aliphatic heterocycles. The highest BCUT2D eigenvalue weighted by atomic mass is 16.3. The predicted molar refractivity (Wildman–Crippen MR) is 97.1 cm³/mol. The van der Waals surface area contributed by atoms with Crippen molar-refractivity contribution in [2.75, 3.05) is 6.54 Å². The quantitative estimate of drug-likeness (QED) is 0.798. The fourth-order valence-electron chi connectivity index (χ4n) is 2.89. The van der Waals surface area contributed by atoms with Crippen LogP contribution in [0.3, 0.4) is 0 Å². The van der Waals surface area contributed by atoms with Gasteiger partial charge in [-0.2, -0.15) is 0 Å². The third kappa shape index (κ3) is 5.16. The van der Waals surface area contributed by atoms with Crippen molar-refractivity contribution in [1.29, 1.82) is 0 Å². The Morgan fingerprint density at radius 2 is 2.08 bits per heavy atom. The minimum atomic E-state index is -0.183. The SMILES string of the molecule is Cc1ccccc1CN(Cc1nc(C(=O)NC(C)C)co1)CC1CC1. The summed E-state index contributed by atoms with van der Waals surface area (Å²) < 4.78 is 5.55. The summed E-state index contributed by atoms with van der Waals surface area (Å²) >= 11 is 0. The first-order valence-corrected chi connectivity index (χ1v) is 9.03. The maximum Gasteiger partial charge on any atom is 0.273 e. The Labute approximate surface area is 149 Å². The molecule has 0 spiro atoms. The Kier molecular flexibility index (Phi) is 5.53. The fraction of sp³-hybridized carbons (Fsp3) is 0.500. The number of benzene rings is 1. The Balaban J connectivity index is 1.67. The first-order valence-electron chi connectivity index (χ1n) is 9.03. The molecule has 5 heteroatoms. The molecule has 1 aromatic carbocycles. The van der Waals surface area contributed by atoms with Gasteiger partial charge < -0.3 is 9.73 Å². The second kappa shape index (κ2) is 7.83. The summed E-state index contributed by atoms with van der Waals surface area (Å²) in [6, 6.07) is 8.55. The van der Waals surface area contributed by atoms with Gasteiger partial charge in [-0.25, -0.2) is 4.98 Å². The molecule has 1 aromatic heterocycles. The highest BCUT2D eigenvalue weighted by molar-refractivity contribution is 5.92. The van der Waals surface area contributed by atoms with E-state index in [0.29, 0.717) is 18.1 Å². The van der Waals surface area contributed by atoms with Crippen LogP contribution < -0.4 is 5.32 Å². The molecule has 3 rings (SSSR count). The standard InChI is InChI=1S/C20H27N3O2/c1-14(2)21-20(24)18-13-25-19(22-18)12-23(10-16-8-9-16)11-17-7-5-4-6-15(17)3/h4-7,13-14,16H,8-12H2,1-3H3,(H,21,24). The van der Waals surface area contributed by atoms with Crippen LogP contribution in [0.5, 0.6) is 0 Å². The first-order chi connectivity index (χ1) is 12.0. The first kappa shape index (κ1) is 17.7. The zero-order valence-corrected chi connectivity index (χ0v) is 15.3. The molecule has 0 unspecified atom stereocenters. The lowest BCUT2D eigenvalue weighted by Gasteiger charge is -2.21. The highest BCUT2D eigenvalue weighted by Crippen LogP contribution is 2.31. The van der Waals surface area contributed by atoms with Gasteiger partial charge in [0.15, 0.2) is 5.69 Å². The average Bonchev–Trinajstić information content (AvgIpc) is 3.24. The Bertz CT molecular complexity index is 719. The van der Waals surface area contributed by atoms with Gasteiger partial charge in [-0.1, -0.05) is 24.3 Å². The summed E-state index contributed by atoms with van der Waals surface area (Å²) in [6.45, 7) is 8.55. The van der Waals surface area contributed by atoms with Gasteiger partial charge in [0.2, 0.25) is 5.89 Å². The zero-order valence-electron chi connectivity index (χ0n) is 15.3. The van der Waals surface area contributed by atoms with Crippen LogP contribution in [0.2, 0.25) is 0 Å². The maximum absolute atomic E-state index is 12.0. The van der Waals surface area contributed by atoms with E-state index in [1.54, 1.807) is 0 Å². The van der Waals surface area contributed by atoms with Crippen LogP contribution in [-0.2, 0) is 13.1 Å². The second-order valence-corrected chi connectivity index (χ2v) is 7.29. The smallest absolute Gasteiger partial charge is 0.273 e. The van der Waals surface area contributed by atoms with E-state index in [1.807, 2.05) is 13.8 Å². The van der Waals surface area contributed by atoms with Gasteiger partial charge >= 0.3 is 0 Å². The zero-order chi connectivity index (χ0) is 17.8. The summed E-state index contributed by atoms with van der Waals surface area (Å²) in [5.41, 5.74) is 2.98. The number of carbonyl (C=O) groups is 1. The third-order valence-electron chi connectivity index (χ3n) is 4.43. The molecule has 0 atom stereocenters. The number of aryl methyl sites for hydroxylation is 1. The van der Waals surface area contributed by atoms with Crippen molar-refractivity contribution in [3.05, 3.63) is 53.2 Å². The topological polar surface area (TPSA) is 58.4 Å². The molecule has 5 nitrogen and oxygen atoms in total. The van der Waals surface area contributed by atoms with Crippen molar-refractivity contribution in [2.24, 2.45) is 5.92 Å². The number of nitrogens with zero attached hydrogens (tertiary/aromatic N) is 2. The van der Waals surface area contributed by atoms with Crippen molar-refractivity contribution >= 4 is 5.91 Å². The van der Waals surface area contributed by atoms with Gasteiger partial charge in [-0.3, -0.25) is 9.69 Å². The summed E-state index contributed by atoms with van der Waals surface area (Å²) in [4.78, 5) is 18.8. The molecule has 0 bridgehead atoms. The maximum atomic E-state index is 12.0. The molecular formula is C20H27N3O2. The molecule has 1 amide bonds. The van der Waals surface area contributed by atoms with E-state index in [2.05, 4.69) is 46.4 Å². The van der Waals surface area contributed by atoms with Crippen LogP contribution in [0.25, 0.3) is 0 Å². The Morgan fingerprint density at radius 3 is 2.76 bits per heavy atom.